The molecule has 4 aliphatic carbocycles. The Morgan fingerprint density at radius 3 is 2.13 bits per heavy atom. The molecule has 4 bridgehead atoms. The van der Waals surface area contributed by atoms with Gasteiger partial charge >= 0.3 is 10.1 Å². The number of carbonyl (C=O) groups is 1. The first-order chi connectivity index (χ1) is 14.1. The molecule has 0 atom stereocenters. The average Bonchev–Trinajstić information content (AvgIpc) is 2.63. The van der Waals surface area contributed by atoms with Gasteiger partial charge in [-0.1, -0.05) is 6.07 Å². The van der Waals surface area contributed by atoms with Gasteiger partial charge in [-0.3, -0.25) is 4.79 Å². The molecule has 4 fully saturated rings. The van der Waals surface area contributed by atoms with E-state index in [1.54, 1.807) is 12.1 Å². The maximum Gasteiger partial charge on any atom is 0.306 e. The zero-order valence-electron chi connectivity index (χ0n) is 18.4. The number of rotatable bonds is 7. The van der Waals surface area contributed by atoms with Gasteiger partial charge in [0.1, 0.15) is 0 Å². The van der Waals surface area contributed by atoms with Crippen molar-refractivity contribution in [1.82, 2.24) is 4.90 Å². The van der Waals surface area contributed by atoms with Crippen LogP contribution in [0.4, 0.5) is 0 Å². The van der Waals surface area contributed by atoms with Crippen LogP contribution in [-0.4, -0.2) is 38.6 Å². The van der Waals surface area contributed by atoms with Crippen LogP contribution < -0.4 is 8.92 Å². The van der Waals surface area contributed by atoms with Crippen molar-refractivity contribution in [3.63, 3.8) is 0 Å². The van der Waals surface area contributed by atoms with Crippen LogP contribution in [0.3, 0.4) is 0 Å². The van der Waals surface area contributed by atoms with Gasteiger partial charge in [0.05, 0.1) is 18.8 Å². The summed E-state index contributed by atoms with van der Waals surface area (Å²) < 4.78 is 33.6. The number of hydrogen-bond donors (Lipinski definition) is 0. The second-order valence-electron chi connectivity index (χ2n) is 10.00. The summed E-state index contributed by atoms with van der Waals surface area (Å²) in [6.45, 7) is 4.54. The molecule has 1 aromatic carbocycles. The minimum Gasteiger partial charge on any atom is -0.493 e. The summed E-state index contributed by atoms with van der Waals surface area (Å²) in [6, 6.07) is 5.30. The first-order valence-corrected chi connectivity index (χ1v) is 12.8. The summed E-state index contributed by atoms with van der Waals surface area (Å²) in [7, 11) is -2.21. The van der Waals surface area contributed by atoms with Gasteiger partial charge in [0.25, 0.3) is 0 Å². The van der Waals surface area contributed by atoms with Crippen LogP contribution in [0.25, 0.3) is 0 Å². The molecular formula is C23H33NO5S. The maximum absolute atomic E-state index is 13.9. The predicted octanol–water partition coefficient (Wildman–Crippen LogP) is 3.99. The molecule has 0 aliphatic heterocycles. The largest absolute Gasteiger partial charge is 0.493 e. The number of carbonyl (C=O) groups excluding carboxylic acids is 1. The molecule has 5 rings (SSSR count). The summed E-state index contributed by atoms with van der Waals surface area (Å²) in [5.41, 5.74) is 0.638. The molecule has 1 aromatic rings. The minimum absolute atomic E-state index is 0.0619. The molecule has 0 radical (unpaired) electrons. The van der Waals surface area contributed by atoms with E-state index < -0.39 is 10.1 Å². The Labute approximate surface area is 180 Å². The van der Waals surface area contributed by atoms with Gasteiger partial charge in [0.2, 0.25) is 5.91 Å². The van der Waals surface area contributed by atoms with Crippen LogP contribution in [0, 0.1) is 23.2 Å². The molecule has 4 aliphatic rings. The second kappa shape index (κ2) is 7.74. The molecule has 0 heterocycles. The molecule has 0 unspecified atom stereocenters. The number of methoxy groups -OCH3 is 1. The lowest BCUT2D eigenvalue weighted by Crippen LogP contribution is -2.55. The molecular weight excluding hydrogens is 402 g/mol. The topological polar surface area (TPSA) is 72.9 Å². The minimum atomic E-state index is -3.68. The lowest BCUT2D eigenvalue weighted by molar-refractivity contribution is -0.160. The molecule has 0 N–H and O–H groups in total. The van der Waals surface area contributed by atoms with Gasteiger partial charge in [0.15, 0.2) is 11.5 Å². The highest BCUT2D eigenvalue weighted by Crippen LogP contribution is 2.60. The highest BCUT2D eigenvalue weighted by atomic mass is 32.2. The third kappa shape index (κ3) is 4.18. The Morgan fingerprint density at radius 2 is 1.67 bits per heavy atom. The van der Waals surface area contributed by atoms with Crippen molar-refractivity contribution in [2.75, 3.05) is 13.4 Å². The van der Waals surface area contributed by atoms with Crippen molar-refractivity contribution in [2.24, 2.45) is 23.2 Å². The highest BCUT2D eigenvalue weighted by Gasteiger charge is 2.55. The summed E-state index contributed by atoms with van der Waals surface area (Å²) in [5, 5.41) is 0. The van der Waals surface area contributed by atoms with E-state index in [1.165, 1.54) is 26.4 Å². The Balaban J connectivity index is 1.59. The van der Waals surface area contributed by atoms with Crippen molar-refractivity contribution in [1.29, 1.82) is 0 Å². The van der Waals surface area contributed by atoms with Gasteiger partial charge in [0, 0.05) is 12.6 Å². The number of hydrogen-bond acceptors (Lipinski definition) is 5. The van der Waals surface area contributed by atoms with E-state index in [9.17, 15) is 13.2 Å². The van der Waals surface area contributed by atoms with Crippen LogP contribution in [0.2, 0.25) is 0 Å². The number of ether oxygens (including phenoxy) is 1. The number of benzene rings is 1. The molecule has 166 valence electrons. The Morgan fingerprint density at radius 1 is 1.10 bits per heavy atom. The van der Waals surface area contributed by atoms with E-state index in [-0.39, 0.29) is 23.1 Å². The van der Waals surface area contributed by atoms with Gasteiger partial charge in [-0.2, -0.15) is 8.42 Å². The normalized spacial score (nSPS) is 29.8. The highest BCUT2D eigenvalue weighted by molar-refractivity contribution is 7.86. The van der Waals surface area contributed by atoms with Crippen LogP contribution in [0.5, 0.6) is 11.5 Å². The predicted molar refractivity (Wildman–Crippen MR) is 115 cm³/mol. The molecule has 30 heavy (non-hydrogen) atoms. The quantitative estimate of drug-likeness (QED) is 0.606. The fraction of sp³-hybridized carbons (Fsp3) is 0.696. The van der Waals surface area contributed by atoms with Crippen LogP contribution >= 0.6 is 0 Å². The first kappa shape index (κ1) is 21.5. The van der Waals surface area contributed by atoms with E-state index in [0.717, 1.165) is 31.1 Å². The second-order valence-corrected chi connectivity index (χ2v) is 11.6. The maximum atomic E-state index is 13.9. The van der Waals surface area contributed by atoms with Crippen molar-refractivity contribution in [3.8, 4) is 11.5 Å². The van der Waals surface area contributed by atoms with Gasteiger partial charge in [-0.05, 0) is 87.8 Å². The Kier molecular flexibility index (Phi) is 5.54. The zero-order valence-corrected chi connectivity index (χ0v) is 19.2. The fourth-order valence-corrected chi connectivity index (χ4v) is 6.87. The average molecular weight is 436 g/mol. The lowest BCUT2D eigenvalue weighted by Gasteiger charge is -2.57. The lowest BCUT2D eigenvalue weighted by atomic mass is 9.49. The Hall–Kier alpha value is -1.76. The monoisotopic (exact) mass is 435 g/mol. The standard InChI is InChI=1S/C23H33NO5S/c1-15(2)24(14-16-5-6-20(28-3)21(10-16)29-30(4,26)27)22(25)23-11-17-7-18(12-23)9-19(8-17)13-23/h5-6,10,15,17-19H,7-9,11-14H2,1-4H3. The van der Waals surface area contributed by atoms with Crippen molar-refractivity contribution in [2.45, 2.75) is 65.0 Å². The van der Waals surface area contributed by atoms with Crippen molar-refractivity contribution in [3.05, 3.63) is 23.8 Å². The molecule has 6 nitrogen and oxygen atoms in total. The number of nitrogens with zero attached hydrogens (tertiary/aromatic N) is 1. The van der Waals surface area contributed by atoms with Gasteiger partial charge in [-0.15, -0.1) is 0 Å². The molecule has 4 saturated carbocycles. The SMILES string of the molecule is COc1ccc(CN(C(=O)C23CC4CC(CC(C4)C2)C3)C(C)C)cc1OS(C)(=O)=O. The summed E-state index contributed by atoms with van der Waals surface area (Å²) in [5.74, 6) is 2.93. The van der Waals surface area contributed by atoms with Crippen LogP contribution in [0.1, 0.15) is 57.9 Å². The summed E-state index contributed by atoms with van der Waals surface area (Å²) in [4.78, 5) is 15.8. The molecule has 7 heteroatoms. The summed E-state index contributed by atoms with van der Waals surface area (Å²) in [6.07, 6.45) is 8.02. The van der Waals surface area contributed by atoms with Crippen LogP contribution in [0.15, 0.2) is 18.2 Å². The van der Waals surface area contributed by atoms with E-state index in [0.29, 0.717) is 30.0 Å². The van der Waals surface area contributed by atoms with E-state index in [1.807, 2.05) is 11.0 Å². The van der Waals surface area contributed by atoms with Gasteiger partial charge < -0.3 is 13.8 Å². The third-order valence-electron chi connectivity index (χ3n) is 7.20. The van der Waals surface area contributed by atoms with E-state index in [4.69, 9.17) is 8.92 Å². The van der Waals surface area contributed by atoms with E-state index >= 15 is 0 Å². The van der Waals surface area contributed by atoms with Crippen molar-refractivity contribution < 1.29 is 22.1 Å². The smallest absolute Gasteiger partial charge is 0.306 e. The fourth-order valence-electron chi connectivity index (χ4n) is 6.41. The Bertz CT molecular complexity index is 888. The third-order valence-corrected chi connectivity index (χ3v) is 7.68. The summed E-state index contributed by atoms with van der Waals surface area (Å²) >= 11 is 0. The molecule has 0 aromatic heterocycles. The number of amides is 1. The van der Waals surface area contributed by atoms with Gasteiger partial charge in [-0.25, -0.2) is 0 Å². The molecule has 0 spiro atoms. The van der Waals surface area contributed by atoms with E-state index in [2.05, 4.69) is 13.8 Å². The molecule has 1 amide bonds. The molecule has 0 saturated heterocycles. The zero-order chi connectivity index (χ0) is 21.7. The van der Waals surface area contributed by atoms with Crippen molar-refractivity contribution >= 4 is 16.0 Å². The van der Waals surface area contributed by atoms with Crippen LogP contribution in [-0.2, 0) is 21.5 Å². The first-order valence-electron chi connectivity index (χ1n) is 11.0.